The quantitative estimate of drug-likeness (QED) is 0.617. The van der Waals surface area contributed by atoms with Gasteiger partial charge < -0.3 is 0 Å². The molecule has 0 aromatic heterocycles. The standard InChI is InChI=1S/C16H16ClOP.Li/c1-10-6-5-9-13(17)14(10)16(18)19-15-11(2)7-4-8-12(15)3;/h4-9,19H,1-3H3;. The summed E-state index contributed by atoms with van der Waals surface area (Å²) in [4.78, 5) is 12.5. The third-order valence-electron chi connectivity index (χ3n) is 3.17. The van der Waals surface area contributed by atoms with E-state index in [-0.39, 0.29) is 33.0 Å². The van der Waals surface area contributed by atoms with Crippen LogP contribution >= 0.6 is 20.2 Å². The predicted octanol–water partition coefficient (Wildman–Crippen LogP) is 4.03. The number of hydrogen-bond donors (Lipinski definition) is 0. The van der Waals surface area contributed by atoms with Crippen molar-refractivity contribution in [3.8, 4) is 0 Å². The maximum Gasteiger partial charge on any atom is 0.187 e. The van der Waals surface area contributed by atoms with Crippen molar-refractivity contribution in [3.63, 3.8) is 0 Å². The van der Waals surface area contributed by atoms with E-state index in [1.165, 1.54) is 0 Å². The fraction of sp³-hybridized carbons (Fsp3) is 0.188. The van der Waals surface area contributed by atoms with E-state index in [1.807, 2.05) is 51.1 Å². The largest absolute Gasteiger partial charge is 0.289 e. The summed E-state index contributed by atoms with van der Waals surface area (Å²) >= 11 is 6.15. The Balaban J connectivity index is 0.00000200. The van der Waals surface area contributed by atoms with Crippen LogP contribution in [0.15, 0.2) is 36.4 Å². The second kappa shape index (κ2) is 7.44. The van der Waals surface area contributed by atoms with Gasteiger partial charge >= 0.3 is 0 Å². The van der Waals surface area contributed by atoms with Crippen molar-refractivity contribution in [1.29, 1.82) is 0 Å². The molecule has 0 amide bonds. The molecule has 0 bridgehead atoms. The number of benzene rings is 2. The molecule has 99 valence electrons. The summed E-state index contributed by atoms with van der Waals surface area (Å²) in [6.07, 6.45) is 0. The van der Waals surface area contributed by atoms with Crippen LogP contribution in [0.1, 0.15) is 27.0 Å². The van der Waals surface area contributed by atoms with Gasteiger partial charge in [-0.25, -0.2) is 0 Å². The molecule has 0 aliphatic carbocycles. The monoisotopic (exact) mass is 297 g/mol. The zero-order valence-electron chi connectivity index (χ0n) is 12.3. The first-order valence-corrected chi connectivity index (χ1v) is 7.51. The Hall–Kier alpha value is -0.573. The molecule has 0 aliphatic rings. The van der Waals surface area contributed by atoms with Crippen molar-refractivity contribution in [2.24, 2.45) is 0 Å². The fourth-order valence-corrected chi connectivity index (χ4v) is 3.74. The van der Waals surface area contributed by atoms with E-state index < -0.39 is 0 Å². The van der Waals surface area contributed by atoms with Gasteiger partial charge in [-0.3, -0.25) is 4.79 Å². The number of halogens is 1. The predicted molar refractivity (Wildman–Crippen MR) is 90.1 cm³/mol. The van der Waals surface area contributed by atoms with E-state index in [0.29, 0.717) is 10.6 Å². The maximum absolute atomic E-state index is 12.5. The van der Waals surface area contributed by atoms with Crippen LogP contribution in [-0.2, 0) is 0 Å². The van der Waals surface area contributed by atoms with Crippen molar-refractivity contribution in [2.45, 2.75) is 20.8 Å². The average Bonchev–Trinajstić information content (AvgIpc) is 2.34. The normalized spacial score (nSPS) is 10.6. The molecule has 1 atom stereocenters. The van der Waals surface area contributed by atoms with Crippen molar-refractivity contribution < 1.29 is 4.79 Å². The first-order valence-electron chi connectivity index (χ1n) is 6.13. The molecule has 0 spiro atoms. The Kier molecular flexibility index (Phi) is 6.50. The summed E-state index contributed by atoms with van der Waals surface area (Å²) in [6.45, 7) is 6.01. The Bertz CT molecular complexity index is 600. The molecule has 0 N–H and O–H groups in total. The Morgan fingerprint density at radius 1 is 0.950 bits per heavy atom. The summed E-state index contributed by atoms with van der Waals surface area (Å²) in [5, 5.41) is 1.68. The number of carbonyl (C=O) groups excluding carboxylic acids is 1. The van der Waals surface area contributed by atoms with Crippen LogP contribution in [0.5, 0.6) is 0 Å². The molecule has 0 heterocycles. The van der Waals surface area contributed by atoms with Crippen LogP contribution in [-0.4, -0.2) is 24.4 Å². The first-order chi connectivity index (χ1) is 9.00. The molecule has 1 unspecified atom stereocenters. The van der Waals surface area contributed by atoms with Gasteiger partial charge in [0.05, 0.1) is 5.02 Å². The summed E-state index contributed by atoms with van der Waals surface area (Å²) < 4.78 is 0. The van der Waals surface area contributed by atoms with Crippen LogP contribution in [0.4, 0.5) is 0 Å². The zero-order valence-corrected chi connectivity index (χ0v) is 14.0. The van der Waals surface area contributed by atoms with Crippen molar-refractivity contribution >= 4 is 49.9 Å². The van der Waals surface area contributed by atoms with Gasteiger partial charge in [-0.1, -0.05) is 41.9 Å². The van der Waals surface area contributed by atoms with Gasteiger partial charge in [-0.05, 0) is 57.4 Å². The minimum absolute atomic E-state index is 0. The molecule has 20 heavy (non-hydrogen) atoms. The van der Waals surface area contributed by atoms with Crippen molar-refractivity contribution in [3.05, 3.63) is 63.7 Å². The van der Waals surface area contributed by atoms with Gasteiger partial charge in [0.2, 0.25) is 0 Å². The van der Waals surface area contributed by atoms with Crippen LogP contribution in [0.2, 0.25) is 5.02 Å². The van der Waals surface area contributed by atoms with Crippen LogP contribution in [0.3, 0.4) is 0 Å². The van der Waals surface area contributed by atoms with Crippen LogP contribution in [0.25, 0.3) is 0 Å². The van der Waals surface area contributed by atoms with Crippen LogP contribution < -0.4 is 5.30 Å². The molecule has 0 saturated heterocycles. The van der Waals surface area contributed by atoms with Gasteiger partial charge in [0.15, 0.2) is 5.52 Å². The summed E-state index contributed by atoms with van der Waals surface area (Å²) in [6, 6.07) is 11.7. The summed E-state index contributed by atoms with van der Waals surface area (Å²) in [7, 11) is 0.123. The van der Waals surface area contributed by atoms with Gasteiger partial charge in [0, 0.05) is 24.4 Å². The smallest absolute Gasteiger partial charge is 0.187 e. The minimum atomic E-state index is 0. The van der Waals surface area contributed by atoms with E-state index in [0.717, 1.165) is 22.0 Å². The van der Waals surface area contributed by atoms with E-state index in [9.17, 15) is 4.79 Å². The maximum atomic E-state index is 12.5. The van der Waals surface area contributed by atoms with E-state index >= 15 is 0 Å². The number of rotatable bonds is 3. The molecule has 0 aliphatic heterocycles. The SMILES string of the molecule is Cc1cccc(C)c1PC(=O)c1c(C)cccc1Cl.[Li]. The Morgan fingerprint density at radius 2 is 1.45 bits per heavy atom. The third-order valence-corrected chi connectivity index (χ3v) is 5.00. The topological polar surface area (TPSA) is 17.1 Å². The second-order valence-corrected chi connectivity index (χ2v) is 6.26. The molecule has 1 nitrogen and oxygen atoms in total. The summed E-state index contributed by atoms with van der Waals surface area (Å²) in [5.74, 6) is 0. The van der Waals surface area contributed by atoms with Gasteiger partial charge in [-0.2, -0.15) is 0 Å². The number of hydrogen-bond acceptors (Lipinski definition) is 1. The Morgan fingerprint density at radius 3 is 2.00 bits per heavy atom. The van der Waals surface area contributed by atoms with Crippen molar-refractivity contribution in [1.82, 2.24) is 0 Å². The molecule has 2 aromatic rings. The molecule has 2 aromatic carbocycles. The molecular weight excluding hydrogens is 282 g/mol. The molecule has 1 radical (unpaired) electrons. The van der Waals surface area contributed by atoms with E-state index in [4.69, 9.17) is 11.6 Å². The Labute approximate surface area is 139 Å². The summed E-state index contributed by atoms with van der Waals surface area (Å²) in [5.41, 5.74) is 4.04. The van der Waals surface area contributed by atoms with E-state index in [1.54, 1.807) is 6.07 Å². The third kappa shape index (κ3) is 3.75. The van der Waals surface area contributed by atoms with Gasteiger partial charge in [0.1, 0.15) is 0 Å². The first kappa shape index (κ1) is 17.5. The van der Waals surface area contributed by atoms with Gasteiger partial charge in [0.25, 0.3) is 0 Å². The molecule has 2 rings (SSSR count). The zero-order chi connectivity index (χ0) is 14.0. The van der Waals surface area contributed by atoms with Crippen molar-refractivity contribution in [2.75, 3.05) is 0 Å². The molecular formula is C16H16ClLiOP. The molecule has 0 saturated carbocycles. The minimum Gasteiger partial charge on any atom is -0.289 e. The number of carbonyl (C=O) groups is 1. The second-order valence-electron chi connectivity index (χ2n) is 4.65. The van der Waals surface area contributed by atoms with Crippen LogP contribution in [0, 0.1) is 20.8 Å². The number of aryl methyl sites for hydroxylation is 3. The molecule has 0 fully saturated rings. The van der Waals surface area contributed by atoms with Gasteiger partial charge in [-0.15, -0.1) is 0 Å². The molecule has 4 heteroatoms. The average molecular weight is 298 g/mol. The van der Waals surface area contributed by atoms with E-state index in [2.05, 4.69) is 0 Å². The fourth-order valence-electron chi connectivity index (χ4n) is 2.11.